The van der Waals surface area contributed by atoms with Gasteiger partial charge in [-0.05, 0) is 116 Å². The van der Waals surface area contributed by atoms with E-state index in [-0.39, 0.29) is 11.6 Å². The van der Waals surface area contributed by atoms with Crippen LogP contribution in [0.15, 0.2) is 72.8 Å². The number of thiophene rings is 2. The van der Waals surface area contributed by atoms with Crippen LogP contribution in [0, 0.1) is 13.8 Å². The van der Waals surface area contributed by atoms with Crippen LogP contribution >= 0.6 is 22.7 Å². The summed E-state index contributed by atoms with van der Waals surface area (Å²) in [6, 6.07) is 18.9. The van der Waals surface area contributed by atoms with E-state index in [0.29, 0.717) is 22.6 Å². The molecular formula is C35H32O4S2. The maximum atomic E-state index is 12.7. The van der Waals surface area contributed by atoms with Gasteiger partial charge in [-0.2, -0.15) is 0 Å². The van der Waals surface area contributed by atoms with Crippen molar-refractivity contribution in [2.24, 2.45) is 0 Å². The van der Waals surface area contributed by atoms with Gasteiger partial charge in [0.1, 0.15) is 11.5 Å². The van der Waals surface area contributed by atoms with Gasteiger partial charge in [0.25, 0.3) is 0 Å². The van der Waals surface area contributed by atoms with Crippen LogP contribution in [0.3, 0.4) is 0 Å². The fourth-order valence-electron chi connectivity index (χ4n) is 5.17. The minimum Gasteiger partial charge on any atom is -0.497 e. The fourth-order valence-corrected chi connectivity index (χ4v) is 7.09. The minimum atomic E-state index is -0.0448. The Morgan fingerprint density at radius 2 is 1.12 bits per heavy atom. The first kappa shape index (κ1) is 28.5. The number of carbonyl (C=O) groups excluding carboxylic acids is 2. The molecule has 6 heteroatoms. The average molecular weight is 581 g/mol. The fraction of sp³-hybridized carbons (Fsp3) is 0.200. The van der Waals surface area contributed by atoms with Crippen molar-refractivity contribution in [1.82, 2.24) is 0 Å². The van der Waals surface area contributed by atoms with Gasteiger partial charge in [0.2, 0.25) is 0 Å². The van der Waals surface area contributed by atoms with Crippen molar-refractivity contribution >= 4 is 57.5 Å². The Hall–Kier alpha value is -4.00. The molecule has 0 saturated carbocycles. The first-order chi connectivity index (χ1) is 19.9. The lowest BCUT2D eigenvalue weighted by Crippen LogP contribution is -1.94. The normalized spacial score (nSPS) is 13.5. The zero-order chi connectivity index (χ0) is 28.9. The zero-order valence-corrected chi connectivity index (χ0v) is 25.3. The second-order valence-electron chi connectivity index (χ2n) is 9.91. The lowest BCUT2D eigenvalue weighted by atomic mass is 9.97. The second-order valence-corrected chi connectivity index (χ2v) is 12.5. The number of hydrogen-bond acceptors (Lipinski definition) is 6. The van der Waals surface area contributed by atoms with Crippen LogP contribution < -0.4 is 9.47 Å². The Balaban J connectivity index is 1.36. The second kappa shape index (κ2) is 12.7. The SMILES string of the molecule is COc1cccc(C(=O)/C=C/c2cc(C3=C(c4cc(/C=C/C(=O)c5cccc(OC)c5)sc4C)CCC3)c(C)s2)c1. The number of benzene rings is 2. The monoisotopic (exact) mass is 580 g/mol. The zero-order valence-electron chi connectivity index (χ0n) is 23.7. The van der Waals surface area contributed by atoms with Crippen LogP contribution in [-0.4, -0.2) is 25.8 Å². The van der Waals surface area contributed by atoms with Crippen molar-refractivity contribution in [3.8, 4) is 11.5 Å². The number of rotatable bonds is 10. The molecule has 0 atom stereocenters. The van der Waals surface area contributed by atoms with Crippen molar-refractivity contribution < 1.29 is 19.1 Å². The number of carbonyl (C=O) groups is 2. The molecule has 1 aliphatic rings. The Kier molecular flexibility index (Phi) is 8.81. The lowest BCUT2D eigenvalue weighted by molar-refractivity contribution is 0.103. The molecule has 0 amide bonds. The highest BCUT2D eigenvalue weighted by Crippen LogP contribution is 2.45. The van der Waals surface area contributed by atoms with E-state index in [1.807, 2.05) is 36.4 Å². The predicted octanol–water partition coefficient (Wildman–Crippen LogP) is 9.33. The van der Waals surface area contributed by atoms with Crippen molar-refractivity contribution in [3.05, 3.63) is 115 Å². The number of ether oxygens (including phenoxy) is 2. The largest absolute Gasteiger partial charge is 0.497 e. The van der Waals surface area contributed by atoms with Crippen LogP contribution in [0.4, 0.5) is 0 Å². The topological polar surface area (TPSA) is 52.6 Å². The highest BCUT2D eigenvalue weighted by Gasteiger charge is 2.22. The van der Waals surface area contributed by atoms with Gasteiger partial charge in [-0.15, -0.1) is 22.7 Å². The summed E-state index contributed by atoms with van der Waals surface area (Å²) in [5.41, 5.74) is 6.54. The van der Waals surface area contributed by atoms with E-state index in [0.717, 1.165) is 29.0 Å². The molecule has 41 heavy (non-hydrogen) atoms. The summed E-state index contributed by atoms with van der Waals surface area (Å²) in [6.45, 7) is 4.31. The lowest BCUT2D eigenvalue weighted by Gasteiger charge is -2.07. The van der Waals surface area contributed by atoms with Gasteiger partial charge < -0.3 is 9.47 Å². The Bertz CT molecular complexity index is 1570. The molecule has 5 rings (SSSR count). The highest BCUT2D eigenvalue weighted by molar-refractivity contribution is 7.13. The maximum absolute atomic E-state index is 12.7. The van der Waals surface area contributed by atoms with E-state index >= 15 is 0 Å². The summed E-state index contributed by atoms with van der Waals surface area (Å²) in [4.78, 5) is 30.1. The van der Waals surface area contributed by atoms with E-state index in [9.17, 15) is 9.59 Å². The summed E-state index contributed by atoms with van der Waals surface area (Å²) >= 11 is 3.42. The molecule has 0 saturated heterocycles. The van der Waals surface area contributed by atoms with Gasteiger partial charge in [0.05, 0.1) is 14.2 Å². The molecule has 2 aromatic carbocycles. The standard InChI is InChI=1S/C35H32O4S2/c1-22-32(20-28(40-22)14-16-34(36)24-8-5-10-26(18-24)38-3)30-12-7-13-31(30)33-21-29(41-23(33)2)15-17-35(37)25-9-6-11-27(19-25)39-4/h5-6,8-11,14-21H,7,12-13H2,1-4H3/b16-14+,17-15+. The molecule has 0 fully saturated rings. The van der Waals surface area contributed by atoms with Gasteiger partial charge in [0, 0.05) is 30.6 Å². The van der Waals surface area contributed by atoms with E-state index in [4.69, 9.17) is 9.47 Å². The molecule has 0 aliphatic heterocycles. The summed E-state index contributed by atoms with van der Waals surface area (Å²) < 4.78 is 10.5. The number of methoxy groups -OCH3 is 2. The Labute approximate surface area is 249 Å². The predicted molar refractivity (Wildman–Crippen MR) is 171 cm³/mol. The molecule has 0 radical (unpaired) electrons. The van der Waals surface area contributed by atoms with Crippen molar-refractivity contribution in [2.45, 2.75) is 33.1 Å². The van der Waals surface area contributed by atoms with Crippen LogP contribution in [0.2, 0.25) is 0 Å². The average Bonchev–Trinajstić information content (AvgIpc) is 3.72. The van der Waals surface area contributed by atoms with E-state index in [2.05, 4.69) is 26.0 Å². The molecule has 0 N–H and O–H groups in total. The van der Waals surface area contributed by atoms with Crippen LogP contribution in [0.1, 0.15) is 70.6 Å². The number of hydrogen-bond donors (Lipinski definition) is 0. The molecule has 1 aliphatic carbocycles. The quantitative estimate of drug-likeness (QED) is 0.139. The van der Waals surface area contributed by atoms with E-state index in [1.54, 1.807) is 73.3 Å². The van der Waals surface area contributed by atoms with Crippen LogP contribution in [0.5, 0.6) is 11.5 Å². The first-order valence-electron chi connectivity index (χ1n) is 13.5. The third-order valence-electron chi connectivity index (χ3n) is 7.25. The van der Waals surface area contributed by atoms with Gasteiger partial charge in [0.15, 0.2) is 11.6 Å². The molecule has 0 bridgehead atoms. The smallest absolute Gasteiger partial charge is 0.186 e. The molecule has 4 aromatic rings. The van der Waals surface area contributed by atoms with Crippen molar-refractivity contribution in [3.63, 3.8) is 0 Å². The van der Waals surface area contributed by atoms with E-state index < -0.39 is 0 Å². The summed E-state index contributed by atoms with van der Waals surface area (Å²) in [5, 5.41) is 0. The summed E-state index contributed by atoms with van der Waals surface area (Å²) in [6.07, 6.45) is 10.3. The number of aryl methyl sites for hydroxylation is 2. The maximum Gasteiger partial charge on any atom is 0.186 e. The summed E-state index contributed by atoms with van der Waals surface area (Å²) in [5.74, 6) is 1.25. The Morgan fingerprint density at radius 3 is 1.54 bits per heavy atom. The van der Waals surface area contributed by atoms with Crippen molar-refractivity contribution in [1.29, 1.82) is 0 Å². The van der Waals surface area contributed by atoms with Crippen LogP contribution in [-0.2, 0) is 0 Å². The molecule has 208 valence electrons. The molecule has 2 aromatic heterocycles. The third-order valence-corrected chi connectivity index (χ3v) is 9.28. The molecular weight excluding hydrogens is 549 g/mol. The Morgan fingerprint density at radius 1 is 0.683 bits per heavy atom. The molecule has 0 spiro atoms. The third kappa shape index (κ3) is 6.50. The van der Waals surface area contributed by atoms with Gasteiger partial charge in [-0.25, -0.2) is 0 Å². The van der Waals surface area contributed by atoms with Gasteiger partial charge in [-0.3, -0.25) is 9.59 Å². The number of allylic oxidation sites excluding steroid dienone is 4. The summed E-state index contributed by atoms with van der Waals surface area (Å²) in [7, 11) is 3.20. The van der Waals surface area contributed by atoms with Crippen LogP contribution in [0.25, 0.3) is 23.3 Å². The van der Waals surface area contributed by atoms with Crippen molar-refractivity contribution in [2.75, 3.05) is 14.2 Å². The van der Waals surface area contributed by atoms with Gasteiger partial charge >= 0.3 is 0 Å². The van der Waals surface area contributed by atoms with E-state index in [1.165, 1.54) is 32.0 Å². The number of ketones is 2. The molecule has 4 nitrogen and oxygen atoms in total. The molecule has 0 unspecified atom stereocenters. The van der Waals surface area contributed by atoms with Gasteiger partial charge in [-0.1, -0.05) is 24.3 Å². The molecule has 2 heterocycles. The highest BCUT2D eigenvalue weighted by atomic mass is 32.1. The minimum absolute atomic E-state index is 0.0448. The first-order valence-corrected chi connectivity index (χ1v) is 15.2.